The van der Waals surface area contributed by atoms with Crippen LogP contribution in [0.5, 0.6) is 0 Å². The van der Waals surface area contributed by atoms with E-state index in [0.29, 0.717) is 0 Å². The number of anilines is 2. The van der Waals surface area contributed by atoms with Crippen molar-refractivity contribution in [3.63, 3.8) is 0 Å². The van der Waals surface area contributed by atoms with Gasteiger partial charge in [0.25, 0.3) is 0 Å². The number of rotatable bonds is 4. The van der Waals surface area contributed by atoms with Crippen molar-refractivity contribution in [3.8, 4) is 22.3 Å². The molecule has 0 amide bonds. The number of aromatic nitrogens is 1. The highest BCUT2D eigenvalue weighted by Crippen LogP contribution is 2.37. The summed E-state index contributed by atoms with van der Waals surface area (Å²) in [5, 5.41) is 6.05. The van der Waals surface area contributed by atoms with Crippen molar-refractivity contribution in [3.05, 3.63) is 121 Å². The lowest BCUT2D eigenvalue weighted by Crippen LogP contribution is -1.91. The van der Waals surface area contributed by atoms with Crippen LogP contribution in [0.15, 0.2) is 121 Å². The maximum atomic E-state index is 3.65. The second-order valence-electron chi connectivity index (χ2n) is 8.05. The van der Waals surface area contributed by atoms with Gasteiger partial charge in [-0.3, -0.25) is 0 Å². The van der Waals surface area contributed by atoms with Crippen LogP contribution in [0.2, 0.25) is 0 Å². The summed E-state index contributed by atoms with van der Waals surface area (Å²) in [4.78, 5) is 3.65. The molecule has 0 bridgehead atoms. The number of hydrogen-bond acceptors (Lipinski definition) is 1. The smallest absolute Gasteiger partial charge is 0.0546 e. The number of H-pyrrole nitrogens is 1. The fourth-order valence-electron chi connectivity index (χ4n) is 4.41. The maximum Gasteiger partial charge on any atom is 0.0546 e. The second-order valence-corrected chi connectivity index (χ2v) is 8.05. The van der Waals surface area contributed by atoms with Crippen LogP contribution in [-0.2, 0) is 0 Å². The minimum atomic E-state index is 1.08. The monoisotopic (exact) mass is 410 g/mol. The molecule has 0 saturated carbocycles. The summed E-state index contributed by atoms with van der Waals surface area (Å²) in [5.74, 6) is 0. The Morgan fingerprint density at radius 3 is 1.88 bits per heavy atom. The molecule has 0 aliphatic rings. The average Bonchev–Trinajstić information content (AvgIpc) is 3.24. The van der Waals surface area contributed by atoms with Crippen LogP contribution >= 0.6 is 0 Å². The summed E-state index contributed by atoms with van der Waals surface area (Å²) < 4.78 is 0. The van der Waals surface area contributed by atoms with Crippen molar-refractivity contribution in [2.45, 2.75) is 0 Å². The molecule has 0 aliphatic heterocycles. The molecular formula is C30H22N2. The highest BCUT2D eigenvalue weighted by atomic mass is 14.9. The highest BCUT2D eigenvalue weighted by Gasteiger charge is 2.12. The number of benzene rings is 5. The van der Waals surface area contributed by atoms with Gasteiger partial charge in [-0.2, -0.15) is 0 Å². The predicted molar refractivity (Wildman–Crippen MR) is 136 cm³/mol. The molecule has 0 unspecified atom stereocenters. The molecule has 2 nitrogen and oxygen atoms in total. The molecule has 2 N–H and O–H groups in total. The Bertz CT molecular complexity index is 1510. The van der Waals surface area contributed by atoms with Gasteiger partial charge in [-0.1, -0.05) is 91.0 Å². The first-order chi connectivity index (χ1) is 15.8. The fourth-order valence-corrected chi connectivity index (χ4v) is 4.41. The third-order valence-corrected chi connectivity index (χ3v) is 5.98. The Morgan fingerprint density at radius 1 is 0.469 bits per heavy atom. The fraction of sp³-hybridized carbons (Fsp3) is 0. The number of para-hydroxylation sites is 2. The van der Waals surface area contributed by atoms with E-state index in [1.807, 2.05) is 6.07 Å². The summed E-state index contributed by atoms with van der Waals surface area (Å²) in [6.45, 7) is 0. The van der Waals surface area contributed by atoms with Gasteiger partial charge in [0, 0.05) is 33.2 Å². The van der Waals surface area contributed by atoms with Gasteiger partial charge >= 0.3 is 0 Å². The first kappa shape index (κ1) is 18.5. The van der Waals surface area contributed by atoms with Gasteiger partial charge in [-0.25, -0.2) is 0 Å². The van der Waals surface area contributed by atoms with E-state index in [1.54, 1.807) is 0 Å². The SMILES string of the molecule is c1ccc(Nc2cc(-c3ccc(-c4ccccc4)cc3)c3[nH]c4ccccc4c3c2)cc1. The third kappa shape index (κ3) is 3.32. The van der Waals surface area contributed by atoms with E-state index in [9.17, 15) is 0 Å². The number of fused-ring (bicyclic) bond motifs is 3. The van der Waals surface area contributed by atoms with Gasteiger partial charge in [0.1, 0.15) is 0 Å². The highest BCUT2D eigenvalue weighted by molar-refractivity contribution is 6.13. The summed E-state index contributed by atoms with van der Waals surface area (Å²) >= 11 is 0. The number of nitrogens with one attached hydrogen (secondary N) is 2. The summed E-state index contributed by atoms with van der Waals surface area (Å²) in [5.41, 5.74) is 9.32. The standard InChI is InChI=1S/C30H22N2/c1-3-9-21(10-4-1)22-15-17-23(18-16-22)27-19-25(31-24-11-5-2-6-12-24)20-28-26-13-7-8-14-29(26)32-30(27)28/h1-20,31-32H. The van der Waals surface area contributed by atoms with Gasteiger partial charge < -0.3 is 10.3 Å². The maximum absolute atomic E-state index is 3.65. The van der Waals surface area contributed by atoms with E-state index in [0.717, 1.165) is 22.4 Å². The number of aromatic amines is 1. The van der Waals surface area contributed by atoms with E-state index in [2.05, 4.69) is 126 Å². The normalized spacial score (nSPS) is 11.1. The lowest BCUT2D eigenvalue weighted by molar-refractivity contribution is 1.52. The zero-order chi connectivity index (χ0) is 21.3. The Labute approximate surface area is 187 Å². The van der Waals surface area contributed by atoms with Crippen molar-refractivity contribution < 1.29 is 0 Å². The molecule has 0 radical (unpaired) electrons. The van der Waals surface area contributed by atoms with Crippen molar-refractivity contribution >= 4 is 33.2 Å². The van der Waals surface area contributed by atoms with Crippen LogP contribution in [0.3, 0.4) is 0 Å². The van der Waals surface area contributed by atoms with Gasteiger partial charge in [-0.15, -0.1) is 0 Å². The summed E-state index contributed by atoms with van der Waals surface area (Å²) in [7, 11) is 0. The second kappa shape index (κ2) is 7.75. The molecule has 0 fully saturated rings. The quantitative estimate of drug-likeness (QED) is 0.300. The molecule has 0 spiro atoms. The third-order valence-electron chi connectivity index (χ3n) is 5.98. The van der Waals surface area contributed by atoms with E-state index in [1.165, 1.54) is 33.0 Å². The van der Waals surface area contributed by atoms with Crippen LogP contribution in [-0.4, -0.2) is 4.98 Å². The van der Waals surface area contributed by atoms with Gasteiger partial charge in [0.15, 0.2) is 0 Å². The molecule has 32 heavy (non-hydrogen) atoms. The predicted octanol–water partition coefficient (Wildman–Crippen LogP) is 8.40. The molecule has 6 rings (SSSR count). The lowest BCUT2D eigenvalue weighted by atomic mass is 9.98. The molecule has 152 valence electrons. The Balaban J connectivity index is 1.51. The topological polar surface area (TPSA) is 27.8 Å². The molecule has 0 saturated heterocycles. The summed E-state index contributed by atoms with van der Waals surface area (Å²) in [6, 6.07) is 42.6. The van der Waals surface area contributed by atoms with Crippen LogP contribution in [0.4, 0.5) is 11.4 Å². The van der Waals surface area contributed by atoms with Crippen LogP contribution in [0.25, 0.3) is 44.1 Å². The van der Waals surface area contributed by atoms with Crippen LogP contribution < -0.4 is 5.32 Å². The molecule has 5 aromatic carbocycles. The Hall–Kier alpha value is -4.30. The van der Waals surface area contributed by atoms with E-state index in [4.69, 9.17) is 0 Å². The molecular weight excluding hydrogens is 388 g/mol. The van der Waals surface area contributed by atoms with Crippen molar-refractivity contribution in [2.75, 3.05) is 5.32 Å². The largest absolute Gasteiger partial charge is 0.355 e. The lowest BCUT2D eigenvalue weighted by Gasteiger charge is -2.11. The Kier molecular flexibility index (Phi) is 4.47. The zero-order valence-corrected chi connectivity index (χ0v) is 17.5. The molecule has 0 aliphatic carbocycles. The van der Waals surface area contributed by atoms with E-state index >= 15 is 0 Å². The Morgan fingerprint density at radius 2 is 1.09 bits per heavy atom. The van der Waals surface area contributed by atoms with Crippen molar-refractivity contribution in [1.82, 2.24) is 4.98 Å². The van der Waals surface area contributed by atoms with Crippen LogP contribution in [0, 0.1) is 0 Å². The molecule has 6 aromatic rings. The zero-order valence-electron chi connectivity index (χ0n) is 17.5. The first-order valence-electron chi connectivity index (χ1n) is 10.9. The van der Waals surface area contributed by atoms with Crippen molar-refractivity contribution in [1.29, 1.82) is 0 Å². The van der Waals surface area contributed by atoms with E-state index < -0.39 is 0 Å². The van der Waals surface area contributed by atoms with Crippen molar-refractivity contribution in [2.24, 2.45) is 0 Å². The van der Waals surface area contributed by atoms with Gasteiger partial charge in [-0.05, 0) is 47.0 Å². The minimum absolute atomic E-state index is 1.08. The van der Waals surface area contributed by atoms with E-state index in [-0.39, 0.29) is 0 Å². The molecule has 1 heterocycles. The molecule has 1 aromatic heterocycles. The first-order valence-corrected chi connectivity index (χ1v) is 10.9. The number of hydrogen-bond donors (Lipinski definition) is 2. The summed E-state index contributed by atoms with van der Waals surface area (Å²) in [6.07, 6.45) is 0. The molecule has 0 atom stereocenters. The van der Waals surface area contributed by atoms with Gasteiger partial charge in [0.2, 0.25) is 0 Å². The average molecular weight is 411 g/mol. The van der Waals surface area contributed by atoms with Gasteiger partial charge in [0.05, 0.1) is 5.52 Å². The van der Waals surface area contributed by atoms with Crippen LogP contribution in [0.1, 0.15) is 0 Å². The minimum Gasteiger partial charge on any atom is -0.355 e. The molecule has 2 heteroatoms.